The number of hydrogen-bond donors (Lipinski definition) is 0. The van der Waals surface area contributed by atoms with E-state index in [1.165, 1.54) is 31.1 Å². The van der Waals surface area contributed by atoms with Crippen molar-refractivity contribution in [3.63, 3.8) is 0 Å². The van der Waals surface area contributed by atoms with Crippen LogP contribution in [0.4, 0.5) is 0 Å². The highest BCUT2D eigenvalue weighted by atomic mass is 28.4. The van der Waals surface area contributed by atoms with E-state index in [2.05, 4.69) is 32.4 Å². The minimum absolute atomic E-state index is 0.670. The highest BCUT2D eigenvalue weighted by Crippen LogP contribution is 2.25. The maximum Gasteiger partial charge on any atom is 0.500 e. The minimum atomic E-state index is -2.45. The molecule has 0 unspecified atom stereocenters. The SMILES string of the molecule is CCO[Si](CCCCN(C)[Si](CC)(CC)CC)(OCC)OCC. The normalized spacial score (nSPS) is 13.0. The van der Waals surface area contributed by atoms with Crippen LogP contribution >= 0.6 is 0 Å². The van der Waals surface area contributed by atoms with Crippen LogP contribution in [0, 0.1) is 0 Å². The third kappa shape index (κ3) is 7.36. The van der Waals surface area contributed by atoms with Gasteiger partial charge in [-0.05, 0) is 65.3 Å². The molecule has 0 spiro atoms. The van der Waals surface area contributed by atoms with Crippen LogP contribution in [-0.2, 0) is 13.3 Å². The van der Waals surface area contributed by atoms with Crippen molar-refractivity contribution in [2.75, 3.05) is 33.4 Å². The Kier molecular flexibility index (Phi) is 12.8. The largest absolute Gasteiger partial charge is 0.500 e. The van der Waals surface area contributed by atoms with E-state index in [4.69, 9.17) is 13.3 Å². The average molecular weight is 364 g/mol. The van der Waals surface area contributed by atoms with Crippen LogP contribution in [0.25, 0.3) is 0 Å². The van der Waals surface area contributed by atoms with Crippen LogP contribution in [0.2, 0.25) is 24.2 Å². The molecule has 0 bridgehead atoms. The molecule has 0 atom stereocenters. The first kappa shape index (κ1) is 23.3. The molecule has 0 aromatic heterocycles. The fourth-order valence-electron chi connectivity index (χ4n) is 3.49. The van der Waals surface area contributed by atoms with E-state index in [1.807, 2.05) is 20.8 Å². The van der Waals surface area contributed by atoms with E-state index in [-0.39, 0.29) is 0 Å². The molecule has 4 nitrogen and oxygen atoms in total. The topological polar surface area (TPSA) is 30.9 Å². The van der Waals surface area contributed by atoms with E-state index >= 15 is 0 Å². The fourth-order valence-corrected chi connectivity index (χ4v) is 9.93. The Balaban J connectivity index is 4.48. The first-order chi connectivity index (χ1) is 11.0. The van der Waals surface area contributed by atoms with Crippen LogP contribution < -0.4 is 0 Å². The number of rotatable bonds is 15. The second kappa shape index (κ2) is 12.6. The van der Waals surface area contributed by atoms with Crippen molar-refractivity contribution in [2.24, 2.45) is 0 Å². The second-order valence-electron chi connectivity index (χ2n) is 6.15. The lowest BCUT2D eigenvalue weighted by Crippen LogP contribution is -2.50. The maximum atomic E-state index is 5.94. The van der Waals surface area contributed by atoms with Gasteiger partial charge < -0.3 is 17.8 Å². The standard InChI is InChI=1S/C17H41NO3Si2/c1-8-19-23(20-9-2,21-10-3)17-15-14-16-18(7)22(11-4,12-5)13-6/h8-17H2,1-7H3. The number of nitrogens with zero attached hydrogens (tertiary/aromatic N) is 1. The van der Waals surface area contributed by atoms with Gasteiger partial charge in [0.1, 0.15) is 8.24 Å². The molecule has 0 aliphatic carbocycles. The Morgan fingerprint density at radius 2 is 1.13 bits per heavy atom. The van der Waals surface area contributed by atoms with Crippen LogP contribution in [0.15, 0.2) is 0 Å². The average Bonchev–Trinajstić information content (AvgIpc) is 2.54. The van der Waals surface area contributed by atoms with Gasteiger partial charge in [-0.1, -0.05) is 20.8 Å². The maximum absolute atomic E-state index is 5.94. The van der Waals surface area contributed by atoms with Gasteiger partial charge in [-0.25, -0.2) is 0 Å². The summed E-state index contributed by atoms with van der Waals surface area (Å²) in [6.45, 7) is 16.4. The van der Waals surface area contributed by atoms with Gasteiger partial charge in [0.2, 0.25) is 0 Å². The van der Waals surface area contributed by atoms with Gasteiger partial charge in [0, 0.05) is 25.9 Å². The molecule has 6 heteroatoms. The third-order valence-electron chi connectivity index (χ3n) is 5.10. The monoisotopic (exact) mass is 363 g/mol. The summed E-state index contributed by atoms with van der Waals surface area (Å²) in [6, 6.07) is 5.00. The lowest BCUT2D eigenvalue weighted by Gasteiger charge is -2.38. The molecule has 0 fully saturated rings. The zero-order valence-electron chi connectivity index (χ0n) is 16.7. The van der Waals surface area contributed by atoms with Gasteiger partial charge in [-0.15, -0.1) is 0 Å². The van der Waals surface area contributed by atoms with Gasteiger partial charge in [0.05, 0.1) is 0 Å². The highest BCUT2D eigenvalue weighted by molar-refractivity contribution is 6.76. The zero-order valence-corrected chi connectivity index (χ0v) is 18.7. The molecule has 140 valence electrons. The molecule has 0 radical (unpaired) electrons. The zero-order chi connectivity index (χ0) is 17.8. The molecular weight excluding hydrogens is 322 g/mol. The van der Waals surface area contributed by atoms with Gasteiger partial charge in [0.15, 0.2) is 0 Å². The summed E-state index contributed by atoms with van der Waals surface area (Å²) < 4.78 is 20.5. The van der Waals surface area contributed by atoms with Crippen molar-refractivity contribution in [2.45, 2.75) is 78.6 Å². The summed E-state index contributed by atoms with van der Waals surface area (Å²) in [7, 11) is -1.32. The second-order valence-corrected chi connectivity index (χ2v) is 14.2. The summed E-state index contributed by atoms with van der Waals surface area (Å²) in [4.78, 5) is 0. The Labute approximate surface area is 147 Å². The molecule has 0 rings (SSSR count). The molecule has 23 heavy (non-hydrogen) atoms. The Morgan fingerprint density at radius 3 is 1.48 bits per heavy atom. The smallest absolute Gasteiger partial charge is 0.374 e. The Hall–Kier alpha value is 0.274. The van der Waals surface area contributed by atoms with Crippen molar-refractivity contribution in [3.05, 3.63) is 0 Å². The first-order valence-electron chi connectivity index (χ1n) is 9.62. The van der Waals surface area contributed by atoms with E-state index in [0.29, 0.717) is 19.8 Å². The van der Waals surface area contributed by atoms with Gasteiger partial charge in [-0.3, -0.25) is 0 Å². The van der Waals surface area contributed by atoms with Crippen LogP contribution in [-0.4, -0.2) is 55.0 Å². The van der Waals surface area contributed by atoms with Gasteiger partial charge in [-0.2, -0.15) is 0 Å². The third-order valence-corrected chi connectivity index (χ3v) is 14.0. The van der Waals surface area contributed by atoms with Crippen LogP contribution in [0.5, 0.6) is 0 Å². The van der Waals surface area contributed by atoms with E-state index in [9.17, 15) is 0 Å². The first-order valence-corrected chi connectivity index (χ1v) is 14.1. The molecule has 0 saturated heterocycles. The molecule has 0 aromatic rings. The minimum Gasteiger partial charge on any atom is -0.374 e. The molecule has 0 aromatic carbocycles. The summed E-state index contributed by atoms with van der Waals surface area (Å²) in [5, 5.41) is 0. The van der Waals surface area contributed by atoms with E-state index in [1.54, 1.807) is 0 Å². The van der Waals surface area contributed by atoms with Crippen molar-refractivity contribution in [1.82, 2.24) is 4.57 Å². The van der Waals surface area contributed by atoms with Crippen molar-refractivity contribution in [1.29, 1.82) is 0 Å². The van der Waals surface area contributed by atoms with E-state index < -0.39 is 17.0 Å². The van der Waals surface area contributed by atoms with Crippen molar-refractivity contribution >= 4 is 17.0 Å². The molecule has 0 aliphatic rings. The van der Waals surface area contributed by atoms with Crippen molar-refractivity contribution in [3.8, 4) is 0 Å². The van der Waals surface area contributed by atoms with E-state index in [0.717, 1.165) is 12.5 Å². The summed E-state index contributed by atoms with van der Waals surface area (Å²) >= 11 is 0. The predicted octanol–water partition coefficient (Wildman–Crippen LogP) is 4.75. The highest BCUT2D eigenvalue weighted by Gasteiger charge is 2.39. The van der Waals surface area contributed by atoms with Crippen LogP contribution in [0.1, 0.15) is 54.4 Å². The summed E-state index contributed by atoms with van der Waals surface area (Å²) in [6.07, 6.45) is 2.32. The summed E-state index contributed by atoms with van der Waals surface area (Å²) in [5.74, 6) is 0. The quantitative estimate of drug-likeness (QED) is 0.310. The summed E-state index contributed by atoms with van der Waals surface area (Å²) in [5.41, 5.74) is 0. The molecular formula is C17H41NO3Si2. The molecule has 0 saturated carbocycles. The van der Waals surface area contributed by atoms with Gasteiger partial charge in [0.25, 0.3) is 0 Å². The van der Waals surface area contributed by atoms with Gasteiger partial charge >= 0.3 is 8.80 Å². The predicted molar refractivity (Wildman–Crippen MR) is 105 cm³/mol. The molecule has 0 N–H and O–H groups in total. The molecule has 0 aliphatic heterocycles. The molecule has 0 amide bonds. The molecule has 0 heterocycles. The van der Waals surface area contributed by atoms with Crippen LogP contribution in [0.3, 0.4) is 0 Å². The number of hydrogen-bond acceptors (Lipinski definition) is 4. The fraction of sp³-hybridized carbons (Fsp3) is 1.00. The Morgan fingerprint density at radius 1 is 0.696 bits per heavy atom. The lowest BCUT2D eigenvalue weighted by molar-refractivity contribution is 0.0706. The lowest BCUT2D eigenvalue weighted by atomic mass is 10.3. The Bertz CT molecular complexity index is 264. The van der Waals surface area contributed by atoms with Crippen molar-refractivity contribution < 1.29 is 13.3 Å². The number of unbranched alkanes of at least 4 members (excludes halogenated alkanes) is 1.